The number of nitrogens with one attached hydrogen (secondary N) is 1. The average Bonchev–Trinajstić information content (AvgIpc) is 2.67. The molecule has 0 radical (unpaired) electrons. The minimum atomic E-state index is -4.73. The number of alkyl halides is 3. The van der Waals surface area contributed by atoms with Crippen LogP contribution in [-0.4, -0.2) is 53.3 Å². The number of hydrogen-bond acceptors (Lipinski definition) is 4. The van der Waals surface area contributed by atoms with Crippen molar-refractivity contribution in [3.05, 3.63) is 11.4 Å². The Hall–Kier alpha value is -1.62. The molecule has 0 bridgehead atoms. The van der Waals surface area contributed by atoms with Gasteiger partial charge in [-0.05, 0) is 6.92 Å². The fourth-order valence-corrected chi connectivity index (χ4v) is 3.30. The summed E-state index contributed by atoms with van der Waals surface area (Å²) in [5.74, 6) is -1.64. The number of rotatable bonds is 5. The van der Waals surface area contributed by atoms with Gasteiger partial charge in [-0.15, -0.1) is 0 Å². The Morgan fingerprint density at radius 2 is 2.00 bits per heavy atom. The molecule has 0 atom stereocenters. The summed E-state index contributed by atoms with van der Waals surface area (Å²) in [6, 6.07) is 0. The zero-order valence-corrected chi connectivity index (χ0v) is 11.3. The van der Waals surface area contributed by atoms with Crippen LogP contribution in [0.1, 0.15) is 23.1 Å². The molecule has 1 aromatic heterocycles. The summed E-state index contributed by atoms with van der Waals surface area (Å²) in [7, 11) is -4.61. The van der Waals surface area contributed by atoms with Crippen molar-refractivity contribution in [2.75, 3.05) is 13.1 Å². The van der Waals surface area contributed by atoms with Gasteiger partial charge in [0.1, 0.15) is 11.4 Å². The largest absolute Gasteiger partial charge is 0.476 e. The number of aromatic carboxylic acids is 1. The summed E-state index contributed by atoms with van der Waals surface area (Å²) in [6.45, 7) is 0.286. The summed E-state index contributed by atoms with van der Waals surface area (Å²) >= 11 is 0. The summed E-state index contributed by atoms with van der Waals surface area (Å²) in [5, 5.41) is 14.3. The van der Waals surface area contributed by atoms with Crippen LogP contribution in [0.3, 0.4) is 0 Å². The van der Waals surface area contributed by atoms with E-state index in [1.165, 1.54) is 13.8 Å². The normalized spacial score (nSPS) is 12.9. The van der Waals surface area contributed by atoms with Gasteiger partial charge in [-0.3, -0.25) is 5.10 Å². The Labute approximate surface area is 112 Å². The third kappa shape index (κ3) is 3.28. The molecule has 2 N–H and O–H groups in total. The molecule has 1 heterocycles. The van der Waals surface area contributed by atoms with Crippen LogP contribution in [0, 0.1) is 6.92 Å². The Morgan fingerprint density at radius 3 is 2.40 bits per heavy atom. The van der Waals surface area contributed by atoms with E-state index < -0.39 is 45.8 Å². The highest BCUT2D eigenvalue weighted by molar-refractivity contribution is 7.89. The molecule has 0 aliphatic heterocycles. The van der Waals surface area contributed by atoms with Gasteiger partial charge < -0.3 is 5.11 Å². The molecule has 0 aliphatic rings. The number of carboxylic acid groups (broad SMARTS) is 1. The molecule has 0 aliphatic carbocycles. The minimum Gasteiger partial charge on any atom is -0.476 e. The monoisotopic (exact) mass is 315 g/mol. The molecule has 0 spiro atoms. The number of carboxylic acids is 1. The van der Waals surface area contributed by atoms with Gasteiger partial charge in [0.25, 0.3) is 0 Å². The fourth-order valence-electron chi connectivity index (χ4n) is 1.58. The van der Waals surface area contributed by atoms with E-state index in [9.17, 15) is 26.4 Å². The lowest BCUT2D eigenvalue weighted by Gasteiger charge is -2.21. The van der Waals surface area contributed by atoms with E-state index in [0.29, 0.717) is 0 Å². The Kier molecular flexibility index (Phi) is 4.44. The van der Waals surface area contributed by atoms with Gasteiger partial charge in [-0.1, -0.05) is 6.92 Å². The van der Waals surface area contributed by atoms with Gasteiger partial charge in [0.2, 0.25) is 10.0 Å². The number of sulfonamides is 1. The van der Waals surface area contributed by atoms with Gasteiger partial charge in [-0.2, -0.15) is 22.6 Å². The van der Waals surface area contributed by atoms with Gasteiger partial charge in [0.05, 0.1) is 5.69 Å². The number of aromatic nitrogens is 2. The molecule has 20 heavy (non-hydrogen) atoms. The van der Waals surface area contributed by atoms with Crippen molar-refractivity contribution in [3.63, 3.8) is 0 Å². The van der Waals surface area contributed by atoms with Gasteiger partial charge in [0.15, 0.2) is 5.69 Å². The van der Waals surface area contributed by atoms with Crippen molar-refractivity contribution in [2.45, 2.75) is 24.9 Å². The van der Waals surface area contributed by atoms with E-state index in [1.807, 2.05) is 0 Å². The molecular formula is C9H12F3N3O4S. The molecule has 0 saturated heterocycles. The lowest BCUT2D eigenvalue weighted by atomic mass is 10.4. The third-order valence-electron chi connectivity index (χ3n) is 2.40. The van der Waals surface area contributed by atoms with Crippen molar-refractivity contribution >= 4 is 16.0 Å². The molecule has 0 saturated carbocycles. The van der Waals surface area contributed by atoms with Crippen LogP contribution in [0.4, 0.5) is 13.2 Å². The van der Waals surface area contributed by atoms with E-state index in [2.05, 4.69) is 10.2 Å². The average molecular weight is 315 g/mol. The SMILES string of the molecule is CCN(CC(F)(F)F)S(=O)(=O)c1c(C(=O)O)n[nH]c1C. The number of hydrogen-bond donors (Lipinski definition) is 2. The summed E-state index contributed by atoms with van der Waals surface area (Å²) < 4.78 is 61.6. The fraction of sp³-hybridized carbons (Fsp3) is 0.556. The predicted octanol–water partition coefficient (Wildman–Crippen LogP) is 0.989. The van der Waals surface area contributed by atoms with E-state index in [-0.39, 0.29) is 10.00 Å². The van der Waals surface area contributed by atoms with Gasteiger partial charge >= 0.3 is 12.1 Å². The number of aryl methyl sites for hydroxylation is 1. The highest BCUT2D eigenvalue weighted by Gasteiger charge is 2.39. The molecule has 0 amide bonds. The van der Waals surface area contributed by atoms with Crippen LogP contribution >= 0.6 is 0 Å². The maximum absolute atomic E-state index is 12.4. The van der Waals surface area contributed by atoms with Gasteiger partial charge in [-0.25, -0.2) is 13.2 Å². The second-order valence-electron chi connectivity index (χ2n) is 3.88. The van der Waals surface area contributed by atoms with Crippen LogP contribution < -0.4 is 0 Å². The summed E-state index contributed by atoms with van der Waals surface area (Å²) in [6.07, 6.45) is -4.73. The first-order valence-electron chi connectivity index (χ1n) is 5.36. The first-order chi connectivity index (χ1) is 9.00. The van der Waals surface area contributed by atoms with Gasteiger partial charge in [0, 0.05) is 6.54 Å². The molecule has 0 unspecified atom stereocenters. The maximum Gasteiger partial charge on any atom is 0.402 e. The van der Waals surface area contributed by atoms with Crippen molar-refractivity contribution in [1.29, 1.82) is 0 Å². The quantitative estimate of drug-likeness (QED) is 0.843. The number of H-pyrrole nitrogens is 1. The molecule has 114 valence electrons. The third-order valence-corrected chi connectivity index (χ3v) is 4.48. The molecule has 1 aromatic rings. The zero-order valence-electron chi connectivity index (χ0n) is 10.5. The molecule has 1 rings (SSSR count). The number of nitrogens with zero attached hydrogens (tertiary/aromatic N) is 2. The van der Waals surface area contributed by atoms with Crippen molar-refractivity contribution in [3.8, 4) is 0 Å². The highest BCUT2D eigenvalue weighted by atomic mass is 32.2. The van der Waals surface area contributed by atoms with Crippen LogP contribution in [0.2, 0.25) is 0 Å². The van der Waals surface area contributed by atoms with Crippen LogP contribution in [0.25, 0.3) is 0 Å². The number of halogens is 3. The molecule has 0 fully saturated rings. The van der Waals surface area contributed by atoms with Crippen LogP contribution in [-0.2, 0) is 10.0 Å². The zero-order chi connectivity index (χ0) is 15.7. The molecule has 11 heteroatoms. The van der Waals surface area contributed by atoms with E-state index in [4.69, 9.17) is 5.11 Å². The maximum atomic E-state index is 12.4. The molecule has 0 aromatic carbocycles. The topological polar surface area (TPSA) is 103 Å². The standard InChI is InChI=1S/C9H12F3N3O4S/c1-3-15(4-9(10,11)12)20(18,19)7-5(2)13-14-6(7)8(16)17/h3-4H2,1-2H3,(H,13,14)(H,16,17). The Bertz CT molecular complexity index is 608. The lowest BCUT2D eigenvalue weighted by Crippen LogP contribution is -2.39. The molecule has 7 nitrogen and oxygen atoms in total. The second kappa shape index (κ2) is 5.40. The first-order valence-corrected chi connectivity index (χ1v) is 6.80. The predicted molar refractivity (Wildman–Crippen MR) is 60.8 cm³/mol. The minimum absolute atomic E-state index is 0.136. The van der Waals surface area contributed by atoms with Crippen LogP contribution in [0.5, 0.6) is 0 Å². The Morgan fingerprint density at radius 1 is 1.45 bits per heavy atom. The lowest BCUT2D eigenvalue weighted by molar-refractivity contribution is -0.135. The number of carbonyl (C=O) groups is 1. The van der Waals surface area contributed by atoms with Crippen molar-refractivity contribution < 1.29 is 31.5 Å². The Balaban J connectivity index is 3.35. The second-order valence-corrected chi connectivity index (χ2v) is 5.75. The highest BCUT2D eigenvalue weighted by Crippen LogP contribution is 2.25. The molecular weight excluding hydrogens is 303 g/mol. The van der Waals surface area contributed by atoms with Crippen LogP contribution in [0.15, 0.2) is 4.90 Å². The van der Waals surface area contributed by atoms with E-state index >= 15 is 0 Å². The number of aromatic amines is 1. The van der Waals surface area contributed by atoms with Crippen molar-refractivity contribution in [2.24, 2.45) is 0 Å². The van der Waals surface area contributed by atoms with Crippen molar-refractivity contribution in [1.82, 2.24) is 14.5 Å². The summed E-state index contributed by atoms with van der Waals surface area (Å²) in [5.41, 5.74) is -0.967. The smallest absolute Gasteiger partial charge is 0.402 e. The van der Waals surface area contributed by atoms with E-state index in [0.717, 1.165) is 0 Å². The first kappa shape index (κ1) is 16.4. The van der Waals surface area contributed by atoms with E-state index in [1.54, 1.807) is 0 Å². The summed E-state index contributed by atoms with van der Waals surface area (Å²) in [4.78, 5) is 10.1.